The van der Waals surface area contributed by atoms with Gasteiger partial charge in [-0.15, -0.1) is 11.3 Å². The first-order valence-corrected chi connectivity index (χ1v) is 15.0. The molecule has 1 fully saturated rings. The molecule has 0 bridgehead atoms. The van der Waals surface area contributed by atoms with Gasteiger partial charge in [-0.1, -0.05) is 0 Å². The van der Waals surface area contributed by atoms with Crippen molar-refractivity contribution in [1.82, 2.24) is 34.5 Å². The molecular weight excluding hydrogens is 575 g/mol. The van der Waals surface area contributed by atoms with Crippen LogP contribution in [0.1, 0.15) is 49.1 Å². The highest BCUT2D eigenvalue weighted by molar-refractivity contribution is 7.48. The number of hydrogen-bond donors (Lipinski definition) is 3. The summed E-state index contributed by atoms with van der Waals surface area (Å²) in [6.45, 7) is 2.40. The molecule has 5 N–H and O–H groups in total. The Kier molecular flexibility index (Phi) is 9.26. The van der Waals surface area contributed by atoms with E-state index in [-0.39, 0.29) is 24.6 Å². The quantitative estimate of drug-likeness (QED) is 0.157. The number of phosphoric acid groups is 1. The molecule has 18 heteroatoms. The van der Waals surface area contributed by atoms with Crippen molar-refractivity contribution in [2.45, 2.75) is 51.5 Å². The molecule has 0 atom stereocenters. The molecule has 0 aliphatic heterocycles. The van der Waals surface area contributed by atoms with Gasteiger partial charge >= 0.3 is 7.82 Å². The zero-order valence-corrected chi connectivity index (χ0v) is 23.7. The Morgan fingerprint density at radius 1 is 1.17 bits per heavy atom. The van der Waals surface area contributed by atoms with E-state index >= 15 is 0 Å². The summed E-state index contributed by atoms with van der Waals surface area (Å²) in [6.07, 6.45) is 12.2. The molecule has 1 amide bonds. The van der Waals surface area contributed by atoms with E-state index in [1.54, 1.807) is 30.0 Å². The first kappa shape index (κ1) is 29.1. The predicted molar refractivity (Wildman–Crippen MR) is 147 cm³/mol. The molecule has 1 aliphatic rings. The van der Waals surface area contributed by atoms with E-state index in [9.17, 15) is 9.36 Å². The fraction of sp³-hybridized carbons (Fsp3) is 0.391. The van der Waals surface area contributed by atoms with E-state index in [1.165, 1.54) is 22.2 Å². The first-order valence-electron chi connectivity index (χ1n) is 12.7. The van der Waals surface area contributed by atoms with Gasteiger partial charge in [-0.25, -0.2) is 36.0 Å². The fourth-order valence-electron chi connectivity index (χ4n) is 4.43. The Morgan fingerprint density at radius 2 is 1.93 bits per heavy atom. The van der Waals surface area contributed by atoms with Gasteiger partial charge in [0.05, 0.1) is 24.0 Å². The van der Waals surface area contributed by atoms with Crippen molar-refractivity contribution in [2.24, 2.45) is 11.8 Å². The van der Waals surface area contributed by atoms with Crippen molar-refractivity contribution in [1.29, 1.82) is 0 Å². The minimum absolute atomic E-state index is 0.174. The highest BCUT2D eigenvalue weighted by Crippen LogP contribution is 2.45. The molecule has 0 saturated heterocycles. The van der Waals surface area contributed by atoms with Crippen LogP contribution < -0.4 is 17.1 Å². The number of hydrogen-bond acceptors (Lipinski definition) is 14. The van der Waals surface area contributed by atoms with Crippen LogP contribution in [0.4, 0.5) is 5.69 Å². The van der Waals surface area contributed by atoms with Crippen LogP contribution >= 0.6 is 19.2 Å². The van der Waals surface area contributed by atoms with E-state index in [4.69, 9.17) is 26.2 Å². The summed E-state index contributed by atoms with van der Waals surface area (Å²) in [4.78, 5) is 26.4. The second kappa shape index (κ2) is 13.1. The number of nitrogens with one attached hydrogen (secondary N) is 1. The number of nitrogens with two attached hydrogens (primary N) is 2. The summed E-state index contributed by atoms with van der Waals surface area (Å²) >= 11 is 1.25. The van der Waals surface area contributed by atoms with Crippen LogP contribution in [0.25, 0.3) is 22.1 Å². The Labute approximate surface area is 238 Å². The highest BCUT2D eigenvalue weighted by Gasteiger charge is 2.27. The van der Waals surface area contributed by atoms with E-state index in [1.807, 2.05) is 17.8 Å². The third-order valence-electron chi connectivity index (χ3n) is 6.40. The average Bonchev–Trinajstić information content (AvgIpc) is 3.77. The standard InChI is InChI=1S/C23H29N10O6PS/c1-2-36-17-6-4-16(5-7-17)33-12-18(20(31-33)21-26-8-3-9-27-21)29-22(34)19-13-41-23(30-19)15-10-28-32(11-15)14-37-40(35,38-24)39-25/h3,8-13,16-17H,2,4-7,14,24-25H2,1H3,(H,29,34)/t16-,17-. The van der Waals surface area contributed by atoms with Crippen molar-refractivity contribution in [3.8, 4) is 22.1 Å². The van der Waals surface area contributed by atoms with Gasteiger partial charge in [-0.2, -0.15) is 19.4 Å². The van der Waals surface area contributed by atoms with Crippen LogP contribution in [-0.4, -0.2) is 53.1 Å². The second-order valence-corrected chi connectivity index (χ2v) is 11.4. The van der Waals surface area contributed by atoms with E-state index in [0.717, 1.165) is 25.7 Å². The third-order valence-corrected chi connectivity index (χ3v) is 8.24. The summed E-state index contributed by atoms with van der Waals surface area (Å²) < 4.78 is 34.0. The number of thiazole rings is 1. The Bertz CT molecular complexity index is 1500. The SMILES string of the molecule is CCO[C@H]1CC[C@H](n2cc(NC(=O)c3csc(-c4cnn(COP(=O)(ON)ON)c4)n3)c(-c3ncccn3)n2)CC1. The number of carbonyl (C=O) groups is 1. The van der Waals surface area contributed by atoms with Crippen LogP contribution in [0.15, 0.2) is 42.4 Å². The molecule has 4 aromatic rings. The maximum absolute atomic E-state index is 13.2. The molecule has 0 unspecified atom stereocenters. The lowest BCUT2D eigenvalue weighted by molar-refractivity contribution is 0.0260. The minimum atomic E-state index is -4.08. The van der Waals surface area contributed by atoms with E-state index in [0.29, 0.717) is 34.4 Å². The van der Waals surface area contributed by atoms with Gasteiger partial charge in [0.2, 0.25) is 0 Å². The van der Waals surface area contributed by atoms with Crippen LogP contribution in [0.3, 0.4) is 0 Å². The maximum atomic E-state index is 13.2. The minimum Gasteiger partial charge on any atom is -0.379 e. The van der Waals surface area contributed by atoms with Gasteiger partial charge < -0.3 is 10.1 Å². The van der Waals surface area contributed by atoms with Crippen LogP contribution in [-0.2, 0) is 29.8 Å². The molecule has 5 rings (SSSR count). The molecule has 4 aromatic heterocycles. The number of amides is 1. The monoisotopic (exact) mass is 604 g/mol. The topological polar surface area (TPSA) is 209 Å². The summed E-state index contributed by atoms with van der Waals surface area (Å²) in [7, 11) is -4.08. The van der Waals surface area contributed by atoms with Crippen molar-refractivity contribution in [3.05, 3.63) is 48.1 Å². The number of rotatable bonds is 12. The molecule has 218 valence electrons. The summed E-state index contributed by atoms with van der Waals surface area (Å²) in [5.41, 5.74) is 1.77. The van der Waals surface area contributed by atoms with Gasteiger partial charge in [-0.05, 0) is 38.7 Å². The largest absolute Gasteiger partial charge is 0.509 e. The maximum Gasteiger partial charge on any atom is 0.509 e. The Balaban J connectivity index is 1.30. The summed E-state index contributed by atoms with van der Waals surface area (Å²) in [6, 6.07) is 1.89. The number of carbonyl (C=O) groups excluding carboxylic acids is 1. The van der Waals surface area contributed by atoms with Crippen molar-refractivity contribution in [2.75, 3.05) is 11.9 Å². The van der Waals surface area contributed by atoms with Crippen molar-refractivity contribution < 1.29 is 27.9 Å². The number of ether oxygens (including phenoxy) is 1. The van der Waals surface area contributed by atoms with Crippen LogP contribution in [0, 0.1) is 0 Å². The third kappa shape index (κ3) is 6.91. The van der Waals surface area contributed by atoms with Gasteiger partial charge in [0.15, 0.2) is 18.2 Å². The lowest BCUT2D eigenvalue weighted by atomic mass is 9.93. The number of anilines is 1. The van der Waals surface area contributed by atoms with E-state index < -0.39 is 13.7 Å². The molecule has 41 heavy (non-hydrogen) atoms. The van der Waals surface area contributed by atoms with Crippen molar-refractivity contribution in [3.63, 3.8) is 0 Å². The Hall–Kier alpha value is -3.41. The Morgan fingerprint density at radius 3 is 2.63 bits per heavy atom. The molecule has 16 nitrogen and oxygen atoms in total. The number of aromatic nitrogens is 7. The molecule has 0 aromatic carbocycles. The smallest absolute Gasteiger partial charge is 0.379 e. The predicted octanol–water partition coefficient (Wildman–Crippen LogP) is 3.30. The van der Waals surface area contributed by atoms with Crippen LogP contribution in [0.2, 0.25) is 0 Å². The van der Waals surface area contributed by atoms with Crippen LogP contribution in [0.5, 0.6) is 0 Å². The molecule has 4 heterocycles. The fourth-order valence-corrected chi connectivity index (χ4v) is 5.63. The highest BCUT2D eigenvalue weighted by atomic mass is 32.1. The van der Waals surface area contributed by atoms with Gasteiger partial charge in [0.25, 0.3) is 5.91 Å². The molecule has 1 aliphatic carbocycles. The zero-order valence-electron chi connectivity index (χ0n) is 22.0. The molecule has 0 radical (unpaired) electrons. The first-order chi connectivity index (χ1) is 19.9. The average molecular weight is 605 g/mol. The van der Waals surface area contributed by atoms with Crippen molar-refractivity contribution >= 4 is 30.8 Å². The van der Waals surface area contributed by atoms with Gasteiger partial charge in [0.1, 0.15) is 10.7 Å². The lowest BCUT2D eigenvalue weighted by Crippen LogP contribution is -2.24. The normalized spacial score (nSPS) is 17.5. The summed E-state index contributed by atoms with van der Waals surface area (Å²) in [5, 5.41) is 14.0. The molecular formula is C23H29N10O6PS. The molecule has 0 spiro atoms. The number of nitrogens with zero attached hydrogens (tertiary/aromatic N) is 7. The zero-order chi connectivity index (χ0) is 28.8. The lowest BCUT2D eigenvalue weighted by Gasteiger charge is -2.28. The molecule has 1 saturated carbocycles. The van der Waals surface area contributed by atoms with Gasteiger partial charge in [0, 0.05) is 42.3 Å². The second-order valence-electron chi connectivity index (χ2n) is 9.01. The van der Waals surface area contributed by atoms with Gasteiger partial charge in [-0.3, -0.25) is 14.0 Å². The summed E-state index contributed by atoms with van der Waals surface area (Å²) in [5.74, 6) is 9.74. The van der Waals surface area contributed by atoms with E-state index in [2.05, 4.69) is 34.6 Å².